The minimum atomic E-state index is 0.753. The Morgan fingerprint density at radius 3 is 2.40 bits per heavy atom. The fraction of sp³-hybridized carbons (Fsp3) is 0.312. The van der Waals surface area contributed by atoms with Crippen LogP contribution in [0.5, 0.6) is 5.75 Å². The van der Waals surface area contributed by atoms with Crippen molar-refractivity contribution in [2.75, 3.05) is 25.1 Å². The number of hydrogen-bond acceptors (Lipinski definition) is 4. The maximum atomic E-state index is 5.75. The summed E-state index contributed by atoms with van der Waals surface area (Å²) in [5.41, 5.74) is 0.867. The minimum absolute atomic E-state index is 0.753. The quantitative estimate of drug-likeness (QED) is 0.749. The van der Waals surface area contributed by atoms with Gasteiger partial charge in [-0.15, -0.1) is 0 Å². The van der Waals surface area contributed by atoms with Crippen molar-refractivity contribution in [3.63, 3.8) is 0 Å². The molecule has 0 saturated carbocycles. The molecule has 0 fully saturated rings. The largest absolute Gasteiger partial charge is 0.497 e. The van der Waals surface area contributed by atoms with E-state index >= 15 is 0 Å². The van der Waals surface area contributed by atoms with Gasteiger partial charge in [0.05, 0.1) is 19.0 Å². The van der Waals surface area contributed by atoms with Crippen molar-refractivity contribution in [1.29, 1.82) is 0 Å². The molecule has 1 heterocycles. The maximum Gasteiger partial charge on any atom is 0.196 e. The highest BCUT2D eigenvalue weighted by Gasteiger charge is 2.06. The van der Waals surface area contributed by atoms with E-state index in [0.717, 1.165) is 36.2 Å². The lowest BCUT2D eigenvalue weighted by Gasteiger charge is -2.16. The summed E-state index contributed by atoms with van der Waals surface area (Å²) in [6, 6.07) is 11.5. The number of nitrogens with zero attached hydrogens (tertiary/aromatic N) is 2. The maximum absolute atomic E-state index is 5.75. The molecule has 0 spiro atoms. The molecule has 0 amide bonds. The zero-order chi connectivity index (χ0) is 14.4. The summed E-state index contributed by atoms with van der Waals surface area (Å²) >= 11 is 0. The molecule has 4 heteroatoms. The molecule has 0 saturated heterocycles. The molecule has 0 N–H and O–H groups in total. The van der Waals surface area contributed by atoms with Gasteiger partial charge in [-0.3, -0.25) is 4.99 Å². The van der Waals surface area contributed by atoms with Crippen LogP contribution in [0.4, 0.5) is 11.6 Å². The molecule has 0 aliphatic heterocycles. The number of aliphatic imine (C=N–C) groups is 1. The van der Waals surface area contributed by atoms with E-state index in [2.05, 4.69) is 23.7 Å². The van der Waals surface area contributed by atoms with Gasteiger partial charge in [-0.1, -0.05) is 0 Å². The molecule has 106 valence electrons. The Labute approximate surface area is 119 Å². The monoisotopic (exact) mass is 272 g/mol. The Morgan fingerprint density at radius 1 is 1.10 bits per heavy atom. The lowest BCUT2D eigenvalue weighted by Crippen LogP contribution is -2.20. The predicted molar refractivity (Wildman–Crippen MR) is 82.5 cm³/mol. The number of benzene rings is 1. The number of hydrogen-bond donors (Lipinski definition) is 0. The molecule has 0 atom stereocenters. The number of anilines is 1. The molecular formula is C16H20N2O2. The van der Waals surface area contributed by atoms with E-state index in [0.29, 0.717) is 0 Å². The zero-order valence-electron chi connectivity index (χ0n) is 12.2. The number of methoxy groups -OCH3 is 1. The Balaban J connectivity index is 2.07. The average molecular weight is 272 g/mol. The summed E-state index contributed by atoms with van der Waals surface area (Å²) in [5.74, 6) is 2.46. The van der Waals surface area contributed by atoms with Crippen molar-refractivity contribution in [2.45, 2.75) is 13.8 Å². The Hall–Kier alpha value is -2.23. The van der Waals surface area contributed by atoms with Crippen molar-refractivity contribution in [1.82, 2.24) is 0 Å². The third-order valence-electron chi connectivity index (χ3n) is 3.10. The summed E-state index contributed by atoms with van der Waals surface area (Å²) < 4.78 is 10.9. The Kier molecular flexibility index (Phi) is 4.82. The molecule has 0 radical (unpaired) electrons. The third kappa shape index (κ3) is 3.41. The van der Waals surface area contributed by atoms with Gasteiger partial charge in [0.25, 0.3) is 0 Å². The first-order valence-corrected chi connectivity index (χ1v) is 6.79. The van der Waals surface area contributed by atoms with Crippen LogP contribution in [-0.2, 0) is 0 Å². The van der Waals surface area contributed by atoms with Crippen LogP contribution in [0.25, 0.3) is 0 Å². The minimum Gasteiger partial charge on any atom is -0.497 e. The molecule has 0 bridgehead atoms. The van der Waals surface area contributed by atoms with Crippen molar-refractivity contribution >= 4 is 17.8 Å². The first-order valence-electron chi connectivity index (χ1n) is 6.79. The van der Waals surface area contributed by atoms with E-state index in [1.165, 1.54) is 0 Å². The van der Waals surface area contributed by atoms with Gasteiger partial charge in [0.1, 0.15) is 11.5 Å². The number of rotatable bonds is 6. The zero-order valence-corrected chi connectivity index (χ0v) is 12.2. The van der Waals surface area contributed by atoms with Crippen LogP contribution in [-0.4, -0.2) is 26.4 Å². The molecule has 0 aliphatic carbocycles. The van der Waals surface area contributed by atoms with E-state index in [1.807, 2.05) is 36.4 Å². The summed E-state index contributed by atoms with van der Waals surface area (Å²) in [7, 11) is 1.65. The van der Waals surface area contributed by atoms with Crippen LogP contribution in [0, 0.1) is 0 Å². The number of ether oxygens (including phenoxy) is 1. The van der Waals surface area contributed by atoms with Crippen LogP contribution < -0.4 is 9.64 Å². The van der Waals surface area contributed by atoms with Gasteiger partial charge in [-0.25, -0.2) is 0 Å². The molecule has 20 heavy (non-hydrogen) atoms. The lowest BCUT2D eigenvalue weighted by atomic mass is 10.3. The van der Waals surface area contributed by atoms with E-state index in [-0.39, 0.29) is 0 Å². The lowest BCUT2D eigenvalue weighted by molar-refractivity contribution is 0.415. The van der Waals surface area contributed by atoms with Gasteiger partial charge < -0.3 is 14.1 Å². The van der Waals surface area contributed by atoms with Gasteiger partial charge in [0, 0.05) is 19.2 Å². The molecular weight excluding hydrogens is 252 g/mol. The van der Waals surface area contributed by atoms with Crippen LogP contribution >= 0.6 is 0 Å². The molecule has 2 rings (SSSR count). The van der Waals surface area contributed by atoms with Crippen molar-refractivity contribution < 1.29 is 9.15 Å². The van der Waals surface area contributed by atoms with Crippen LogP contribution in [0.15, 0.2) is 45.8 Å². The topological polar surface area (TPSA) is 38.0 Å². The van der Waals surface area contributed by atoms with Crippen molar-refractivity contribution in [3.05, 3.63) is 42.2 Å². The van der Waals surface area contributed by atoms with Gasteiger partial charge in [-0.2, -0.15) is 0 Å². The van der Waals surface area contributed by atoms with Crippen molar-refractivity contribution in [2.24, 2.45) is 4.99 Å². The van der Waals surface area contributed by atoms with E-state index < -0.39 is 0 Å². The van der Waals surface area contributed by atoms with Crippen LogP contribution in [0.3, 0.4) is 0 Å². The van der Waals surface area contributed by atoms with Gasteiger partial charge in [-0.05, 0) is 44.2 Å². The molecule has 4 nitrogen and oxygen atoms in total. The summed E-state index contributed by atoms with van der Waals surface area (Å²) in [6.07, 6.45) is 1.73. The summed E-state index contributed by atoms with van der Waals surface area (Å²) in [5, 5.41) is 0. The smallest absolute Gasteiger partial charge is 0.196 e. The molecule has 2 aromatic rings. The average Bonchev–Trinajstić information content (AvgIpc) is 2.96. The molecule has 0 unspecified atom stereocenters. The van der Waals surface area contributed by atoms with E-state index in [1.54, 1.807) is 13.3 Å². The Morgan fingerprint density at radius 2 is 1.80 bits per heavy atom. The van der Waals surface area contributed by atoms with Gasteiger partial charge in [0.2, 0.25) is 0 Å². The summed E-state index contributed by atoms with van der Waals surface area (Å²) in [6.45, 7) is 6.08. The fourth-order valence-electron chi connectivity index (χ4n) is 1.92. The first-order chi connectivity index (χ1) is 9.76. The fourth-order valence-corrected chi connectivity index (χ4v) is 1.92. The van der Waals surface area contributed by atoms with Crippen LogP contribution in [0.1, 0.15) is 19.6 Å². The van der Waals surface area contributed by atoms with Crippen molar-refractivity contribution in [3.8, 4) is 5.75 Å². The highest BCUT2D eigenvalue weighted by molar-refractivity contribution is 5.79. The highest BCUT2D eigenvalue weighted by atomic mass is 16.5. The highest BCUT2D eigenvalue weighted by Crippen LogP contribution is 2.20. The van der Waals surface area contributed by atoms with E-state index in [9.17, 15) is 0 Å². The molecule has 1 aromatic carbocycles. The first kappa shape index (κ1) is 14.2. The standard InChI is InChI=1S/C16H20N2O2/c1-4-18(5-2)16-11-10-15(20-16)12-17-13-6-8-14(19-3)9-7-13/h6-12H,4-5H2,1-3H3. The second-order valence-corrected chi connectivity index (χ2v) is 4.30. The SMILES string of the molecule is CCN(CC)c1ccc(C=Nc2ccc(OC)cc2)o1. The van der Waals surface area contributed by atoms with Gasteiger partial charge >= 0.3 is 0 Å². The van der Waals surface area contributed by atoms with E-state index in [4.69, 9.17) is 9.15 Å². The van der Waals surface area contributed by atoms with Gasteiger partial charge in [0.15, 0.2) is 5.88 Å². The second kappa shape index (κ2) is 6.80. The van der Waals surface area contributed by atoms with Crippen LogP contribution in [0.2, 0.25) is 0 Å². The predicted octanol–water partition coefficient (Wildman–Crippen LogP) is 3.89. The number of furan rings is 1. The molecule has 0 aliphatic rings. The Bertz CT molecular complexity index is 554. The normalized spacial score (nSPS) is 10.9. The second-order valence-electron chi connectivity index (χ2n) is 4.30. The summed E-state index contributed by atoms with van der Waals surface area (Å²) in [4.78, 5) is 6.54. The molecule has 1 aromatic heterocycles. The third-order valence-corrected chi connectivity index (χ3v) is 3.10.